The second-order valence-corrected chi connectivity index (χ2v) is 4.25. The van der Waals surface area contributed by atoms with E-state index in [1.807, 2.05) is 19.2 Å². The Kier molecular flexibility index (Phi) is 6.04. The molecule has 1 aromatic rings. The molecule has 0 bridgehead atoms. The Balaban J connectivity index is 2.38. The van der Waals surface area contributed by atoms with E-state index in [4.69, 9.17) is 4.74 Å². The molecule has 1 aromatic heterocycles. The lowest BCUT2D eigenvalue weighted by Crippen LogP contribution is -2.37. The third-order valence-corrected chi connectivity index (χ3v) is 2.60. The minimum atomic E-state index is 0.403. The van der Waals surface area contributed by atoms with E-state index in [9.17, 15) is 0 Å². The van der Waals surface area contributed by atoms with Crippen LogP contribution in [0.15, 0.2) is 24.5 Å². The topological polar surface area (TPSA) is 34.1 Å². The molecule has 0 amide bonds. The highest BCUT2D eigenvalue weighted by molar-refractivity contribution is 5.08. The molecule has 1 N–H and O–H groups in total. The third kappa shape index (κ3) is 4.73. The van der Waals surface area contributed by atoms with Crippen molar-refractivity contribution in [1.29, 1.82) is 0 Å². The number of nitrogens with one attached hydrogen (secondary N) is 1. The lowest BCUT2D eigenvalue weighted by molar-refractivity contribution is 0.108. The Labute approximate surface area is 98.2 Å². The first kappa shape index (κ1) is 13.1. The van der Waals surface area contributed by atoms with Gasteiger partial charge in [0.15, 0.2) is 0 Å². The van der Waals surface area contributed by atoms with Crippen LogP contribution in [0.2, 0.25) is 0 Å². The monoisotopic (exact) mass is 222 g/mol. The Morgan fingerprint density at radius 1 is 1.44 bits per heavy atom. The van der Waals surface area contributed by atoms with Crippen LogP contribution in [0.5, 0.6) is 0 Å². The lowest BCUT2D eigenvalue weighted by Gasteiger charge is -2.22. The normalized spacial score (nSPS) is 13.0. The fourth-order valence-corrected chi connectivity index (χ4v) is 1.48. The van der Waals surface area contributed by atoms with E-state index in [-0.39, 0.29) is 0 Å². The Morgan fingerprint density at radius 2 is 2.25 bits per heavy atom. The second kappa shape index (κ2) is 7.36. The van der Waals surface area contributed by atoms with E-state index < -0.39 is 0 Å². The molecule has 0 aliphatic rings. The predicted molar refractivity (Wildman–Crippen MR) is 66.2 cm³/mol. The first-order valence-corrected chi connectivity index (χ1v) is 5.94. The smallest absolute Gasteiger partial charge is 0.0622 e. The summed E-state index contributed by atoms with van der Waals surface area (Å²) >= 11 is 0. The summed E-state index contributed by atoms with van der Waals surface area (Å²) in [5.74, 6) is 0.572. The van der Waals surface area contributed by atoms with Gasteiger partial charge in [0, 0.05) is 31.6 Å². The fraction of sp³-hybridized carbons (Fsp3) is 0.615. The van der Waals surface area contributed by atoms with Gasteiger partial charge in [0.25, 0.3) is 0 Å². The molecule has 3 heteroatoms. The summed E-state index contributed by atoms with van der Waals surface area (Å²) in [4.78, 5) is 4.10. The van der Waals surface area contributed by atoms with Gasteiger partial charge in [-0.2, -0.15) is 0 Å². The molecule has 0 aliphatic heterocycles. The molecule has 0 spiro atoms. The number of aromatic nitrogens is 1. The van der Waals surface area contributed by atoms with E-state index in [1.54, 1.807) is 6.20 Å². The van der Waals surface area contributed by atoms with Gasteiger partial charge in [-0.3, -0.25) is 4.98 Å². The fourth-order valence-electron chi connectivity index (χ4n) is 1.48. The largest absolute Gasteiger partial charge is 0.380 e. The van der Waals surface area contributed by atoms with Gasteiger partial charge < -0.3 is 10.1 Å². The van der Waals surface area contributed by atoms with Crippen molar-refractivity contribution in [3.05, 3.63) is 30.1 Å². The van der Waals surface area contributed by atoms with E-state index in [0.717, 1.165) is 19.8 Å². The van der Waals surface area contributed by atoms with Crippen LogP contribution in [0.1, 0.15) is 26.3 Å². The molecule has 0 aromatic carbocycles. The second-order valence-electron chi connectivity index (χ2n) is 4.25. The van der Waals surface area contributed by atoms with Gasteiger partial charge in [-0.1, -0.05) is 19.9 Å². The molecule has 1 rings (SSSR count). The number of hydrogen-bond donors (Lipinski definition) is 1. The highest BCUT2D eigenvalue weighted by Gasteiger charge is 2.12. The zero-order chi connectivity index (χ0) is 11.8. The minimum Gasteiger partial charge on any atom is -0.380 e. The van der Waals surface area contributed by atoms with Crippen LogP contribution in [-0.2, 0) is 11.3 Å². The van der Waals surface area contributed by atoms with Crippen LogP contribution in [0, 0.1) is 5.92 Å². The zero-order valence-corrected chi connectivity index (χ0v) is 10.4. The summed E-state index contributed by atoms with van der Waals surface area (Å²) in [5.41, 5.74) is 1.21. The number of pyridine rings is 1. The van der Waals surface area contributed by atoms with Crippen LogP contribution < -0.4 is 5.32 Å². The van der Waals surface area contributed by atoms with Gasteiger partial charge in [0.05, 0.1) is 6.61 Å². The van der Waals surface area contributed by atoms with Gasteiger partial charge in [0.2, 0.25) is 0 Å². The third-order valence-electron chi connectivity index (χ3n) is 2.60. The summed E-state index contributed by atoms with van der Waals surface area (Å²) in [6, 6.07) is 4.45. The Hall–Kier alpha value is -0.930. The average Bonchev–Trinajstić information content (AvgIpc) is 2.30. The number of nitrogens with zero attached hydrogens (tertiary/aromatic N) is 1. The predicted octanol–water partition coefficient (Wildman–Crippen LogP) is 2.23. The van der Waals surface area contributed by atoms with Crippen LogP contribution in [0.25, 0.3) is 0 Å². The molecule has 0 saturated heterocycles. The first-order chi connectivity index (χ1) is 7.74. The molecular weight excluding hydrogens is 200 g/mol. The Morgan fingerprint density at radius 3 is 2.81 bits per heavy atom. The molecule has 16 heavy (non-hydrogen) atoms. The maximum atomic E-state index is 5.47. The quantitative estimate of drug-likeness (QED) is 0.768. The van der Waals surface area contributed by atoms with Crippen molar-refractivity contribution in [2.45, 2.75) is 33.4 Å². The number of hydrogen-bond acceptors (Lipinski definition) is 3. The van der Waals surface area contributed by atoms with Gasteiger partial charge in [-0.25, -0.2) is 0 Å². The van der Waals surface area contributed by atoms with Gasteiger partial charge >= 0.3 is 0 Å². The lowest BCUT2D eigenvalue weighted by atomic mass is 10.1. The minimum absolute atomic E-state index is 0.403. The van der Waals surface area contributed by atoms with Crippen LogP contribution in [0.4, 0.5) is 0 Å². The summed E-state index contributed by atoms with van der Waals surface area (Å²) in [6.45, 7) is 8.84. The summed E-state index contributed by atoms with van der Waals surface area (Å²) in [6.07, 6.45) is 3.69. The zero-order valence-electron chi connectivity index (χ0n) is 10.4. The van der Waals surface area contributed by atoms with Crippen molar-refractivity contribution >= 4 is 0 Å². The van der Waals surface area contributed by atoms with Gasteiger partial charge in [-0.05, 0) is 24.5 Å². The average molecular weight is 222 g/mol. The molecule has 0 fully saturated rings. The molecular formula is C13H22N2O. The van der Waals surface area contributed by atoms with Crippen LogP contribution >= 0.6 is 0 Å². The van der Waals surface area contributed by atoms with Crippen LogP contribution in [0.3, 0.4) is 0 Å². The van der Waals surface area contributed by atoms with Crippen LogP contribution in [-0.4, -0.2) is 24.2 Å². The molecule has 0 radical (unpaired) electrons. The maximum Gasteiger partial charge on any atom is 0.0622 e. The number of ether oxygens (including phenoxy) is 1. The van der Waals surface area contributed by atoms with Crippen molar-refractivity contribution in [2.24, 2.45) is 5.92 Å². The van der Waals surface area contributed by atoms with Gasteiger partial charge in [-0.15, -0.1) is 0 Å². The summed E-state index contributed by atoms with van der Waals surface area (Å²) < 4.78 is 5.47. The molecule has 0 aliphatic carbocycles. The Bertz CT molecular complexity index is 275. The van der Waals surface area contributed by atoms with E-state index in [0.29, 0.717) is 12.0 Å². The van der Waals surface area contributed by atoms with Gasteiger partial charge in [0.1, 0.15) is 0 Å². The molecule has 1 heterocycles. The highest BCUT2D eigenvalue weighted by Crippen LogP contribution is 2.04. The van der Waals surface area contributed by atoms with E-state index in [1.165, 1.54) is 5.56 Å². The molecule has 90 valence electrons. The van der Waals surface area contributed by atoms with E-state index >= 15 is 0 Å². The highest BCUT2D eigenvalue weighted by atomic mass is 16.5. The summed E-state index contributed by atoms with van der Waals surface area (Å²) in [5, 5.41) is 3.51. The molecule has 3 nitrogen and oxygen atoms in total. The molecule has 1 atom stereocenters. The standard InChI is InChI=1S/C13H22N2O/c1-4-16-10-13(11(2)3)15-9-12-6-5-7-14-8-12/h5-8,11,13,15H,4,9-10H2,1-3H3. The van der Waals surface area contributed by atoms with Crippen molar-refractivity contribution in [3.8, 4) is 0 Å². The number of rotatable bonds is 7. The summed E-state index contributed by atoms with van der Waals surface area (Å²) in [7, 11) is 0. The SMILES string of the molecule is CCOCC(NCc1cccnc1)C(C)C. The molecule has 1 unspecified atom stereocenters. The van der Waals surface area contributed by atoms with Crippen molar-refractivity contribution in [1.82, 2.24) is 10.3 Å². The molecule has 0 saturated carbocycles. The first-order valence-electron chi connectivity index (χ1n) is 5.94. The van der Waals surface area contributed by atoms with Crippen molar-refractivity contribution in [2.75, 3.05) is 13.2 Å². The van der Waals surface area contributed by atoms with Crippen molar-refractivity contribution in [3.63, 3.8) is 0 Å². The maximum absolute atomic E-state index is 5.47. The van der Waals surface area contributed by atoms with Crippen molar-refractivity contribution < 1.29 is 4.74 Å². The van der Waals surface area contributed by atoms with E-state index in [2.05, 4.69) is 30.2 Å².